The highest BCUT2D eigenvalue weighted by Crippen LogP contribution is 2.34. The van der Waals surface area contributed by atoms with Gasteiger partial charge in [0, 0.05) is 40.7 Å². The second-order valence-electron chi connectivity index (χ2n) is 6.66. The van der Waals surface area contributed by atoms with Gasteiger partial charge in [-0.05, 0) is 55.0 Å². The van der Waals surface area contributed by atoms with Crippen LogP contribution in [0.5, 0.6) is 11.5 Å². The molecule has 5 nitrogen and oxygen atoms in total. The Hall–Kier alpha value is -3.32. The SMILES string of the molecule is Cc1c(Oc2ccnc3cc(Br)cc(F)c23)cccc1C(=O)NCc1ccncc1. The van der Waals surface area contributed by atoms with Crippen molar-refractivity contribution in [2.45, 2.75) is 13.5 Å². The van der Waals surface area contributed by atoms with E-state index in [1.165, 1.54) is 6.07 Å². The van der Waals surface area contributed by atoms with Crippen LogP contribution in [0, 0.1) is 12.7 Å². The Morgan fingerprint density at radius 3 is 2.70 bits per heavy atom. The van der Waals surface area contributed by atoms with Gasteiger partial charge >= 0.3 is 0 Å². The lowest BCUT2D eigenvalue weighted by molar-refractivity contribution is 0.0950. The number of benzene rings is 2. The number of hydrogen-bond acceptors (Lipinski definition) is 4. The summed E-state index contributed by atoms with van der Waals surface area (Å²) in [5.74, 6) is 0.152. The lowest BCUT2D eigenvalue weighted by Crippen LogP contribution is -2.23. The molecule has 0 fully saturated rings. The fourth-order valence-corrected chi connectivity index (χ4v) is 3.54. The zero-order valence-electron chi connectivity index (χ0n) is 16.0. The second-order valence-corrected chi connectivity index (χ2v) is 7.58. The first-order valence-corrected chi connectivity index (χ1v) is 10.0. The van der Waals surface area contributed by atoms with Gasteiger partial charge in [0.25, 0.3) is 5.91 Å². The average Bonchev–Trinajstić information content (AvgIpc) is 2.74. The number of carbonyl (C=O) groups is 1. The molecule has 0 radical (unpaired) electrons. The Bertz CT molecular complexity index is 1230. The molecule has 4 rings (SSSR count). The van der Waals surface area contributed by atoms with Crippen molar-refractivity contribution < 1.29 is 13.9 Å². The number of fused-ring (bicyclic) bond motifs is 1. The minimum atomic E-state index is -0.439. The third-order valence-corrected chi connectivity index (χ3v) is 5.13. The van der Waals surface area contributed by atoms with Gasteiger partial charge in [-0.2, -0.15) is 0 Å². The first-order valence-electron chi connectivity index (χ1n) is 9.21. The van der Waals surface area contributed by atoms with Crippen LogP contribution in [0.25, 0.3) is 10.9 Å². The third-order valence-electron chi connectivity index (χ3n) is 4.67. The number of hydrogen-bond donors (Lipinski definition) is 1. The van der Waals surface area contributed by atoms with Crippen molar-refractivity contribution in [2.75, 3.05) is 0 Å². The van der Waals surface area contributed by atoms with Gasteiger partial charge in [-0.3, -0.25) is 14.8 Å². The zero-order chi connectivity index (χ0) is 21.1. The average molecular weight is 466 g/mol. The quantitative estimate of drug-likeness (QED) is 0.418. The van der Waals surface area contributed by atoms with Gasteiger partial charge in [-0.1, -0.05) is 22.0 Å². The van der Waals surface area contributed by atoms with Crippen molar-refractivity contribution in [1.82, 2.24) is 15.3 Å². The van der Waals surface area contributed by atoms with Crippen LogP contribution in [0.1, 0.15) is 21.5 Å². The summed E-state index contributed by atoms with van der Waals surface area (Å²) in [5.41, 5.74) is 2.58. The highest BCUT2D eigenvalue weighted by atomic mass is 79.9. The summed E-state index contributed by atoms with van der Waals surface area (Å²) in [4.78, 5) is 20.9. The maximum atomic E-state index is 14.6. The molecular formula is C23H17BrFN3O2. The van der Waals surface area contributed by atoms with Crippen LogP contribution < -0.4 is 10.1 Å². The molecule has 2 aromatic carbocycles. The van der Waals surface area contributed by atoms with Crippen LogP contribution in [-0.2, 0) is 6.54 Å². The Balaban J connectivity index is 1.61. The number of rotatable bonds is 5. The van der Waals surface area contributed by atoms with Crippen molar-refractivity contribution in [3.63, 3.8) is 0 Å². The van der Waals surface area contributed by atoms with Gasteiger partial charge in [-0.15, -0.1) is 0 Å². The molecule has 2 heterocycles. The molecule has 0 aliphatic heterocycles. The summed E-state index contributed by atoms with van der Waals surface area (Å²) in [6, 6.07) is 13.6. The summed E-state index contributed by atoms with van der Waals surface area (Å²) in [6.45, 7) is 2.19. The number of aromatic nitrogens is 2. The minimum absolute atomic E-state index is 0.218. The molecule has 30 heavy (non-hydrogen) atoms. The third kappa shape index (κ3) is 4.16. The van der Waals surface area contributed by atoms with Gasteiger partial charge in [0.1, 0.15) is 17.3 Å². The van der Waals surface area contributed by atoms with E-state index in [0.29, 0.717) is 39.2 Å². The highest BCUT2D eigenvalue weighted by Gasteiger charge is 2.15. The maximum Gasteiger partial charge on any atom is 0.251 e. The largest absolute Gasteiger partial charge is 0.456 e. The fraction of sp³-hybridized carbons (Fsp3) is 0.0870. The second kappa shape index (κ2) is 8.59. The summed E-state index contributed by atoms with van der Waals surface area (Å²) >= 11 is 3.27. The summed E-state index contributed by atoms with van der Waals surface area (Å²) in [5, 5.41) is 3.18. The smallest absolute Gasteiger partial charge is 0.251 e. The minimum Gasteiger partial charge on any atom is -0.456 e. The molecule has 1 amide bonds. The molecule has 0 bridgehead atoms. The molecule has 0 saturated carbocycles. The Kier molecular flexibility index (Phi) is 5.72. The molecule has 7 heteroatoms. The first-order chi connectivity index (χ1) is 14.5. The van der Waals surface area contributed by atoms with E-state index in [1.807, 2.05) is 12.1 Å². The fourth-order valence-electron chi connectivity index (χ4n) is 3.13. The number of carbonyl (C=O) groups excluding carboxylic acids is 1. The molecule has 150 valence electrons. The van der Waals surface area contributed by atoms with Crippen LogP contribution in [0.4, 0.5) is 4.39 Å². The van der Waals surface area contributed by atoms with E-state index in [0.717, 1.165) is 5.56 Å². The van der Waals surface area contributed by atoms with Crippen LogP contribution in [-0.4, -0.2) is 15.9 Å². The number of amides is 1. The molecule has 0 aliphatic carbocycles. The Labute approximate surface area is 181 Å². The zero-order valence-corrected chi connectivity index (χ0v) is 17.6. The molecule has 0 atom stereocenters. The summed E-state index contributed by atoms with van der Waals surface area (Å²) < 4.78 is 21.2. The number of nitrogens with one attached hydrogen (secondary N) is 1. The van der Waals surface area contributed by atoms with Crippen molar-refractivity contribution in [3.8, 4) is 11.5 Å². The van der Waals surface area contributed by atoms with E-state index >= 15 is 0 Å². The summed E-state index contributed by atoms with van der Waals surface area (Å²) in [7, 11) is 0. The standard InChI is InChI=1S/C23H17BrFN3O2/c1-14-17(23(29)28-13-15-5-8-26-9-6-15)3-2-4-20(14)30-21-7-10-27-19-12-16(24)11-18(25)22(19)21/h2-12H,13H2,1H3,(H,28,29). The van der Waals surface area contributed by atoms with Crippen molar-refractivity contribution in [2.24, 2.45) is 0 Å². The van der Waals surface area contributed by atoms with Gasteiger partial charge in [0.05, 0.1) is 10.9 Å². The number of nitrogens with zero attached hydrogens (tertiary/aromatic N) is 2. The monoisotopic (exact) mass is 465 g/mol. The molecule has 1 N–H and O–H groups in total. The van der Waals surface area contributed by atoms with E-state index in [4.69, 9.17) is 4.74 Å². The van der Waals surface area contributed by atoms with Crippen molar-refractivity contribution >= 4 is 32.7 Å². The predicted molar refractivity (Wildman–Crippen MR) is 116 cm³/mol. The van der Waals surface area contributed by atoms with E-state index < -0.39 is 5.82 Å². The lowest BCUT2D eigenvalue weighted by Gasteiger charge is -2.14. The van der Waals surface area contributed by atoms with E-state index in [9.17, 15) is 9.18 Å². The molecule has 2 aromatic heterocycles. The number of ether oxygens (including phenoxy) is 1. The molecular weight excluding hydrogens is 449 g/mol. The van der Waals surface area contributed by atoms with E-state index in [2.05, 4.69) is 31.2 Å². The van der Waals surface area contributed by atoms with Gasteiger partial charge in [0.2, 0.25) is 0 Å². The number of halogens is 2. The van der Waals surface area contributed by atoms with Crippen LogP contribution in [0.2, 0.25) is 0 Å². The number of pyridine rings is 2. The van der Waals surface area contributed by atoms with E-state index in [1.54, 1.807) is 55.8 Å². The Morgan fingerprint density at radius 2 is 1.90 bits per heavy atom. The molecule has 0 unspecified atom stereocenters. The summed E-state index contributed by atoms with van der Waals surface area (Å²) in [6.07, 6.45) is 4.92. The highest BCUT2D eigenvalue weighted by molar-refractivity contribution is 9.10. The predicted octanol–water partition coefficient (Wildman–Crippen LogP) is 5.56. The van der Waals surface area contributed by atoms with Crippen LogP contribution in [0.3, 0.4) is 0 Å². The van der Waals surface area contributed by atoms with Crippen LogP contribution in [0.15, 0.2) is 71.6 Å². The van der Waals surface area contributed by atoms with E-state index in [-0.39, 0.29) is 11.3 Å². The van der Waals surface area contributed by atoms with Gasteiger partial charge < -0.3 is 10.1 Å². The van der Waals surface area contributed by atoms with Crippen LogP contribution >= 0.6 is 15.9 Å². The molecule has 0 aliphatic rings. The molecule has 4 aromatic rings. The topological polar surface area (TPSA) is 64.1 Å². The lowest BCUT2D eigenvalue weighted by atomic mass is 10.1. The maximum absolute atomic E-state index is 14.6. The first kappa shape index (κ1) is 20.0. The van der Waals surface area contributed by atoms with Crippen molar-refractivity contribution in [3.05, 3.63) is 94.1 Å². The van der Waals surface area contributed by atoms with Gasteiger partial charge in [0.15, 0.2) is 0 Å². The Morgan fingerprint density at radius 1 is 1.10 bits per heavy atom. The van der Waals surface area contributed by atoms with Crippen molar-refractivity contribution in [1.29, 1.82) is 0 Å². The molecule has 0 saturated heterocycles. The molecule has 0 spiro atoms. The normalized spacial score (nSPS) is 10.8. The van der Waals surface area contributed by atoms with Gasteiger partial charge in [-0.25, -0.2) is 4.39 Å².